The molecule has 0 atom stereocenters. The van der Waals surface area contributed by atoms with Crippen molar-refractivity contribution in [3.63, 3.8) is 0 Å². The lowest BCUT2D eigenvalue weighted by atomic mass is 10.3. The Labute approximate surface area is 126 Å². The molecule has 0 N–H and O–H groups in total. The lowest BCUT2D eigenvalue weighted by Gasteiger charge is -2.08. The first-order chi connectivity index (χ1) is 8.99. The smallest absolute Gasteiger partial charge is 0.272 e. The summed E-state index contributed by atoms with van der Waals surface area (Å²) in [5.41, 5.74) is 0.230. The first-order valence-corrected chi connectivity index (χ1v) is 6.62. The fraction of sp³-hybridized carbons (Fsp3) is 0.111. The van der Waals surface area contributed by atoms with Crippen LogP contribution >= 0.6 is 46.3 Å². The van der Waals surface area contributed by atoms with E-state index in [4.69, 9.17) is 39.5 Å². The number of halogens is 3. The molecule has 0 saturated heterocycles. The quantitative estimate of drug-likeness (QED) is 0.621. The summed E-state index contributed by atoms with van der Waals surface area (Å²) in [6.45, 7) is 0.0204. The van der Waals surface area contributed by atoms with E-state index in [0.717, 1.165) is 23.7 Å². The van der Waals surface area contributed by atoms with Gasteiger partial charge in [-0.15, -0.1) is 5.10 Å². The Morgan fingerprint density at radius 1 is 1.32 bits per heavy atom. The fourth-order valence-corrected chi connectivity index (χ4v) is 2.40. The van der Waals surface area contributed by atoms with Crippen molar-refractivity contribution in [3.05, 3.63) is 42.3 Å². The van der Waals surface area contributed by atoms with Crippen LogP contribution in [0.1, 0.15) is 5.69 Å². The first kappa shape index (κ1) is 14.3. The zero-order valence-electron chi connectivity index (χ0n) is 8.97. The Morgan fingerprint density at radius 3 is 2.42 bits per heavy atom. The van der Waals surface area contributed by atoms with E-state index in [9.17, 15) is 10.1 Å². The number of hydrogen-bond acceptors (Lipinski definition) is 6. The Kier molecular flexibility index (Phi) is 4.41. The number of benzene rings is 1. The maximum absolute atomic E-state index is 10.6. The van der Waals surface area contributed by atoms with Crippen LogP contribution in [-0.4, -0.2) is 14.5 Å². The van der Waals surface area contributed by atoms with Crippen LogP contribution in [0, 0.1) is 10.1 Å². The lowest BCUT2D eigenvalue weighted by molar-refractivity contribution is -0.384. The van der Waals surface area contributed by atoms with E-state index >= 15 is 0 Å². The second kappa shape index (κ2) is 5.87. The van der Waals surface area contributed by atoms with Crippen LogP contribution in [0.15, 0.2) is 12.1 Å². The fourth-order valence-electron chi connectivity index (χ4n) is 1.21. The highest BCUT2D eigenvalue weighted by Crippen LogP contribution is 2.37. The van der Waals surface area contributed by atoms with E-state index < -0.39 is 4.92 Å². The van der Waals surface area contributed by atoms with Gasteiger partial charge in [0.15, 0.2) is 5.75 Å². The minimum Gasteiger partial charge on any atom is -0.484 e. The van der Waals surface area contributed by atoms with Gasteiger partial charge >= 0.3 is 0 Å². The summed E-state index contributed by atoms with van der Waals surface area (Å²) in [5, 5.41) is 14.5. The number of nitro benzene ring substituents is 1. The van der Waals surface area contributed by atoms with Crippen molar-refractivity contribution in [1.29, 1.82) is 0 Å². The number of rotatable bonds is 4. The van der Waals surface area contributed by atoms with Gasteiger partial charge < -0.3 is 4.74 Å². The van der Waals surface area contributed by atoms with E-state index in [1.165, 1.54) is 0 Å². The summed E-state index contributed by atoms with van der Waals surface area (Å²) in [7, 11) is 0. The molecule has 2 rings (SSSR count). The minimum absolute atomic E-state index is 0.0204. The third-order valence-electron chi connectivity index (χ3n) is 2.06. The van der Waals surface area contributed by atoms with Crippen molar-refractivity contribution in [2.24, 2.45) is 0 Å². The molecule has 1 heterocycles. The molecule has 0 unspecified atom stereocenters. The molecule has 0 amide bonds. The van der Waals surface area contributed by atoms with Gasteiger partial charge in [0.25, 0.3) is 5.69 Å². The third-order valence-corrected chi connectivity index (χ3v) is 3.60. The van der Waals surface area contributed by atoms with Crippen molar-refractivity contribution in [2.75, 3.05) is 0 Å². The second-order valence-electron chi connectivity index (χ2n) is 3.28. The Morgan fingerprint density at radius 2 is 1.95 bits per heavy atom. The molecule has 10 heteroatoms. The van der Waals surface area contributed by atoms with Crippen LogP contribution in [0.25, 0.3) is 0 Å². The Bertz CT molecular complexity index is 611. The third kappa shape index (κ3) is 3.24. The highest BCUT2D eigenvalue weighted by molar-refractivity contribution is 7.10. The van der Waals surface area contributed by atoms with Crippen molar-refractivity contribution < 1.29 is 9.66 Å². The van der Waals surface area contributed by atoms with Crippen LogP contribution in [0.4, 0.5) is 5.69 Å². The first-order valence-electron chi connectivity index (χ1n) is 4.72. The van der Waals surface area contributed by atoms with Gasteiger partial charge in [0.2, 0.25) is 0 Å². The summed E-state index contributed by atoms with van der Waals surface area (Å²) >= 11 is 18.6. The molecule has 0 saturated carbocycles. The van der Waals surface area contributed by atoms with E-state index in [1.54, 1.807) is 0 Å². The van der Waals surface area contributed by atoms with Gasteiger partial charge in [-0.1, -0.05) is 39.3 Å². The summed E-state index contributed by atoms with van der Waals surface area (Å²) in [6.07, 6.45) is 0. The molecule has 0 fully saturated rings. The number of nitro groups is 1. The van der Waals surface area contributed by atoms with Gasteiger partial charge in [-0.3, -0.25) is 10.1 Å². The molecule has 2 aromatic rings. The second-order valence-corrected chi connectivity index (χ2v) is 5.45. The molecule has 1 aromatic heterocycles. The normalized spacial score (nSPS) is 10.5. The minimum atomic E-state index is -0.594. The van der Waals surface area contributed by atoms with E-state index in [1.807, 2.05) is 0 Å². The zero-order valence-corrected chi connectivity index (χ0v) is 12.1. The van der Waals surface area contributed by atoms with Crippen LogP contribution in [0.2, 0.25) is 14.4 Å². The van der Waals surface area contributed by atoms with Gasteiger partial charge in [-0.25, -0.2) is 0 Å². The monoisotopic (exact) mass is 339 g/mol. The van der Waals surface area contributed by atoms with Gasteiger partial charge in [0, 0.05) is 23.7 Å². The Hall–Kier alpha value is -1.15. The van der Waals surface area contributed by atoms with E-state index in [2.05, 4.69) is 9.59 Å². The number of hydrogen-bond donors (Lipinski definition) is 0. The number of ether oxygens (including phenoxy) is 1. The Balaban J connectivity index is 2.21. The predicted molar refractivity (Wildman–Crippen MR) is 72.4 cm³/mol. The standard InChI is InChI=1S/C9H4Cl3N3O3S/c10-5-1-4(15(16)17)2-6(11)8(5)18-3-7-9(12)19-14-13-7/h1-2H,3H2. The van der Waals surface area contributed by atoms with Crippen molar-refractivity contribution in [1.82, 2.24) is 9.59 Å². The maximum atomic E-state index is 10.6. The molecule has 0 bridgehead atoms. The average Bonchev–Trinajstić information content (AvgIpc) is 2.73. The van der Waals surface area contributed by atoms with Crippen molar-refractivity contribution >= 4 is 52.0 Å². The van der Waals surface area contributed by atoms with Crippen LogP contribution in [0.3, 0.4) is 0 Å². The van der Waals surface area contributed by atoms with Crippen molar-refractivity contribution in [3.8, 4) is 5.75 Å². The molecule has 0 aliphatic rings. The molecule has 19 heavy (non-hydrogen) atoms. The SMILES string of the molecule is O=[N+]([O-])c1cc(Cl)c(OCc2nnsc2Cl)c(Cl)c1. The number of nitrogens with zero attached hydrogens (tertiary/aromatic N) is 3. The molecule has 0 radical (unpaired) electrons. The summed E-state index contributed by atoms with van der Waals surface area (Å²) < 4.78 is 9.40. The number of non-ortho nitro benzene ring substituents is 1. The summed E-state index contributed by atoms with van der Waals surface area (Å²) in [5.74, 6) is 0.137. The largest absolute Gasteiger partial charge is 0.484 e. The predicted octanol–water partition coefficient (Wildman–Crippen LogP) is 3.99. The summed E-state index contributed by atoms with van der Waals surface area (Å²) in [6, 6.07) is 2.31. The molecule has 0 spiro atoms. The molecular formula is C9H4Cl3N3O3S. The molecule has 0 aliphatic heterocycles. The molecule has 100 valence electrons. The van der Waals surface area contributed by atoms with E-state index in [0.29, 0.717) is 10.0 Å². The van der Waals surface area contributed by atoms with Gasteiger partial charge in [0.05, 0.1) is 15.0 Å². The van der Waals surface area contributed by atoms with E-state index in [-0.39, 0.29) is 28.1 Å². The van der Waals surface area contributed by atoms with Crippen LogP contribution < -0.4 is 4.74 Å². The molecule has 1 aromatic carbocycles. The van der Waals surface area contributed by atoms with Gasteiger partial charge in [-0.05, 0) is 0 Å². The van der Waals surface area contributed by atoms with Crippen LogP contribution in [0.5, 0.6) is 5.75 Å². The maximum Gasteiger partial charge on any atom is 0.272 e. The molecular weight excluding hydrogens is 337 g/mol. The zero-order chi connectivity index (χ0) is 14.0. The molecule has 6 nitrogen and oxygen atoms in total. The topological polar surface area (TPSA) is 78.2 Å². The van der Waals surface area contributed by atoms with Crippen molar-refractivity contribution in [2.45, 2.75) is 6.61 Å². The highest BCUT2D eigenvalue weighted by atomic mass is 35.5. The van der Waals surface area contributed by atoms with Crippen LogP contribution in [-0.2, 0) is 6.61 Å². The van der Waals surface area contributed by atoms with Gasteiger partial charge in [-0.2, -0.15) is 0 Å². The highest BCUT2D eigenvalue weighted by Gasteiger charge is 2.16. The average molecular weight is 341 g/mol. The molecule has 0 aliphatic carbocycles. The number of aromatic nitrogens is 2. The lowest BCUT2D eigenvalue weighted by Crippen LogP contribution is -1.98. The van der Waals surface area contributed by atoms with Gasteiger partial charge in [0.1, 0.15) is 16.6 Å². The summed E-state index contributed by atoms with van der Waals surface area (Å²) in [4.78, 5) is 10.0.